The van der Waals surface area contributed by atoms with Gasteiger partial charge in [-0.1, -0.05) is 45.0 Å². The number of non-ortho nitro benzene ring substituents is 1. The zero-order valence-electron chi connectivity index (χ0n) is 18.4. The molecule has 1 fully saturated rings. The van der Waals surface area contributed by atoms with E-state index in [0.29, 0.717) is 22.4 Å². The summed E-state index contributed by atoms with van der Waals surface area (Å²) in [5, 5.41) is 14.1. The van der Waals surface area contributed by atoms with Gasteiger partial charge in [0.25, 0.3) is 11.6 Å². The van der Waals surface area contributed by atoms with E-state index in [1.54, 1.807) is 6.92 Å². The summed E-state index contributed by atoms with van der Waals surface area (Å²) in [6, 6.07) is 9.74. The van der Waals surface area contributed by atoms with E-state index < -0.39 is 22.4 Å². The highest BCUT2D eigenvalue weighted by Crippen LogP contribution is 2.36. The molecular formula is C23H25N3O6. The third-order valence-corrected chi connectivity index (χ3v) is 5.91. The van der Waals surface area contributed by atoms with Crippen LogP contribution < -0.4 is 10.1 Å². The third-order valence-electron chi connectivity index (χ3n) is 5.91. The van der Waals surface area contributed by atoms with Gasteiger partial charge in [0.15, 0.2) is 6.79 Å². The molecule has 2 aliphatic heterocycles. The van der Waals surface area contributed by atoms with Crippen LogP contribution in [0.2, 0.25) is 0 Å². The topological polar surface area (TPSA) is 111 Å². The maximum atomic E-state index is 13.4. The van der Waals surface area contributed by atoms with Gasteiger partial charge in [0.2, 0.25) is 0 Å². The lowest BCUT2D eigenvalue weighted by Gasteiger charge is -2.25. The van der Waals surface area contributed by atoms with E-state index >= 15 is 0 Å². The van der Waals surface area contributed by atoms with E-state index in [9.17, 15) is 19.7 Å². The highest BCUT2D eigenvalue weighted by atomic mass is 16.7. The van der Waals surface area contributed by atoms with Gasteiger partial charge in [0.05, 0.1) is 18.1 Å². The Labute approximate surface area is 185 Å². The number of nitrogens with zero attached hydrogens (tertiary/aromatic N) is 2. The van der Waals surface area contributed by atoms with Gasteiger partial charge in [0.1, 0.15) is 11.3 Å². The number of hydrogen-bond donors (Lipinski definition) is 1. The van der Waals surface area contributed by atoms with Crippen molar-refractivity contribution in [2.45, 2.75) is 51.8 Å². The number of imide groups is 1. The van der Waals surface area contributed by atoms with Crippen molar-refractivity contribution in [3.63, 3.8) is 0 Å². The summed E-state index contributed by atoms with van der Waals surface area (Å²) in [7, 11) is 0. The molecule has 0 aromatic heterocycles. The number of rotatable bonds is 4. The first-order valence-corrected chi connectivity index (χ1v) is 10.3. The summed E-state index contributed by atoms with van der Waals surface area (Å²) in [6.07, 6.45) is 0. The molecule has 2 aromatic rings. The number of carbonyl (C=O) groups is 2. The van der Waals surface area contributed by atoms with Crippen molar-refractivity contribution < 1.29 is 24.0 Å². The summed E-state index contributed by atoms with van der Waals surface area (Å²) in [5.74, 6) is -0.0242. The molecule has 2 heterocycles. The fourth-order valence-corrected chi connectivity index (χ4v) is 4.01. The van der Waals surface area contributed by atoms with Crippen LogP contribution in [0.5, 0.6) is 5.75 Å². The molecule has 168 valence electrons. The Morgan fingerprint density at radius 3 is 2.50 bits per heavy atom. The Morgan fingerprint density at radius 2 is 1.88 bits per heavy atom. The SMILES string of the molecule is CC(C)(C)c1ccc([C@@]2(C)NC(=O)N(Cc3cc([N+](=O)[O-])cc4c3OCOC4)C2=O)cc1. The Balaban J connectivity index is 1.66. The number of urea groups is 1. The van der Waals surface area contributed by atoms with Crippen molar-refractivity contribution in [3.8, 4) is 5.75 Å². The average molecular weight is 439 g/mol. The third kappa shape index (κ3) is 3.69. The summed E-state index contributed by atoms with van der Waals surface area (Å²) < 4.78 is 10.8. The lowest BCUT2D eigenvalue weighted by molar-refractivity contribution is -0.385. The van der Waals surface area contributed by atoms with E-state index in [4.69, 9.17) is 9.47 Å². The maximum Gasteiger partial charge on any atom is 0.325 e. The Kier molecular flexibility index (Phi) is 5.16. The molecule has 1 N–H and O–H groups in total. The van der Waals surface area contributed by atoms with Crippen LogP contribution in [-0.4, -0.2) is 28.6 Å². The zero-order valence-corrected chi connectivity index (χ0v) is 18.4. The molecule has 0 bridgehead atoms. The van der Waals surface area contributed by atoms with E-state index in [1.807, 2.05) is 24.3 Å². The normalized spacial score (nSPS) is 20.6. The van der Waals surface area contributed by atoms with Gasteiger partial charge in [-0.15, -0.1) is 0 Å². The van der Waals surface area contributed by atoms with E-state index in [0.717, 1.165) is 10.5 Å². The van der Waals surface area contributed by atoms with Crippen molar-refractivity contribution in [2.75, 3.05) is 6.79 Å². The number of fused-ring (bicyclic) bond motifs is 1. The molecule has 1 atom stereocenters. The second-order valence-corrected chi connectivity index (χ2v) is 9.23. The van der Waals surface area contributed by atoms with Crippen LogP contribution in [-0.2, 0) is 33.6 Å². The molecule has 2 aromatic carbocycles. The van der Waals surface area contributed by atoms with Crippen molar-refractivity contribution in [3.05, 3.63) is 68.8 Å². The minimum absolute atomic E-state index is 0.00417. The predicted molar refractivity (Wildman–Crippen MR) is 115 cm³/mol. The van der Waals surface area contributed by atoms with Crippen molar-refractivity contribution in [1.82, 2.24) is 10.2 Å². The Morgan fingerprint density at radius 1 is 1.19 bits per heavy atom. The fraction of sp³-hybridized carbons (Fsp3) is 0.391. The van der Waals surface area contributed by atoms with E-state index in [1.165, 1.54) is 12.1 Å². The number of benzene rings is 2. The smallest absolute Gasteiger partial charge is 0.325 e. The number of nitro groups is 1. The lowest BCUT2D eigenvalue weighted by Crippen LogP contribution is -2.40. The van der Waals surface area contributed by atoms with Crippen molar-refractivity contribution in [1.29, 1.82) is 0 Å². The quantitative estimate of drug-likeness (QED) is 0.442. The van der Waals surface area contributed by atoms with E-state index in [2.05, 4.69) is 26.1 Å². The van der Waals surface area contributed by atoms with Crippen LogP contribution in [0.15, 0.2) is 36.4 Å². The number of ether oxygens (including phenoxy) is 2. The molecule has 0 unspecified atom stereocenters. The maximum absolute atomic E-state index is 13.4. The predicted octanol–water partition coefficient (Wildman–Crippen LogP) is 3.73. The minimum Gasteiger partial charge on any atom is -0.467 e. The molecule has 0 spiro atoms. The van der Waals surface area contributed by atoms with Crippen LogP contribution in [0.1, 0.15) is 49.9 Å². The van der Waals surface area contributed by atoms with Crippen LogP contribution in [0, 0.1) is 10.1 Å². The summed E-state index contributed by atoms with van der Waals surface area (Å²) in [6.45, 7) is 7.96. The summed E-state index contributed by atoms with van der Waals surface area (Å²) in [4.78, 5) is 38.0. The second-order valence-electron chi connectivity index (χ2n) is 9.23. The van der Waals surface area contributed by atoms with Crippen molar-refractivity contribution >= 4 is 17.6 Å². The molecule has 3 amide bonds. The molecule has 0 radical (unpaired) electrons. The first-order chi connectivity index (χ1) is 15.0. The average Bonchev–Trinajstić information content (AvgIpc) is 2.97. The van der Waals surface area contributed by atoms with Crippen molar-refractivity contribution in [2.24, 2.45) is 0 Å². The number of carbonyl (C=O) groups excluding carboxylic acids is 2. The summed E-state index contributed by atoms with van der Waals surface area (Å²) >= 11 is 0. The molecule has 0 saturated carbocycles. The van der Waals surface area contributed by atoms with Gasteiger partial charge in [-0.2, -0.15) is 0 Å². The monoisotopic (exact) mass is 439 g/mol. The zero-order chi connectivity index (χ0) is 23.3. The van der Waals surface area contributed by atoms with Crippen LogP contribution in [0.3, 0.4) is 0 Å². The van der Waals surface area contributed by atoms with Gasteiger partial charge in [-0.05, 0) is 23.5 Å². The minimum atomic E-state index is -1.24. The van der Waals surface area contributed by atoms with Gasteiger partial charge in [0, 0.05) is 23.3 Å². The first kappa shape index (κ1) is 21.8. The number of nitrogens with one attached hydrogen (secondary N) is 1. The molecule has 1 saturated heterocycles. The second kappa shape index (κ2) is 7.59. The molecule has 4 rings (SSSR count). The molecule has 2 aliphatic rings. The largest absolute Gasteiger partial charge is 0.467 e. The highest BCUT2D eigenvalue weighted by molar-refractivity contribution is 6.07. The summed E-state index contributed by atoms with van der Waals surface area (Å²) in [5.41, 5.74) is 1.23. The Bertz CT molecular complexity index is 1110. The van der Waals surface area contributed by atoms with Gasteiger partial charge >= 0.3 is 6.03 Å². The number of nitro benzene ring substituents is 1. The van der Waals surface area contributed by atoms with Crippen LogP contribution in [0.4, 0.5) is 10.5 Å². The van der Waals surface area contributed by atoms with Gasteiger partial charge < -0.3 is 14.8 Å². The van der Waals surface area contributed by atoms with Crippen LogP contribution >= 0.6 is 0 Å². The Hall–Kier alpha value is -3.46. The van der Waals surface area contributed by atoms with Gasteiger partial charge in [-0.3, -0.25) is 19.8 Å². The lowest BCUT2D eigenvalue weighted by atomic mass is 9.84. The molecule has 9 heteroatoms. The standard InChI is InChI=1S/C23H25N3O6/c1-22(2,3)16-5-7-17(8-6-16)23(4)20(27)25(21(28)24-23)11-14-9-18(26(29)30)10-15-12-31-13-32-19(14)15/h5-10H,11-13H2,1-4H3,(H,24,28)/t23-/m1/s1. The fourth-order valence-electron chi connectivity index (χ4n) is 4.01. The van der Waals surface area contributed by atoms with Gasteiger partial charge in [-0.25, -0.2) is 4.79 Å². The number of hydrogen-bond acceptors (Lipinski definition) is 6. The highest BCUT2D eigenvalue weighted by Gasteiger charge is 2.49. The molecule has 9 nitrogen and oxygen atoms in total. The van der Waals surface area contributed by atoms with Crippen LogP contribution in [0.25, 0.3) is 0 Å². The molecule has 32 heavy (non-hydrogen) atoms. The van der Waals surface area contributed by atoms with E-state index in [-0.39, 0.29) is 31.0 Å². The molecule has 0 aliphatic carbocycles. The first-order valence-electron chi connectivity index (χ1n) is 10.3. The molecular weight excluding hydrogens is 414 g/mol. The number of amides is 3.